The molecular formula is C29H27N3O4. The molecule has 2 aromatic heterocycles. The Morgan fingerprint density at radius 1 is 1.14 bits per heavy atom. The average molecular weight is 482 g/mol. The van der Waals surface area contributed by atoms with Crippen molar-refractivity contribution in [2.75, 3.05) is 19.0 Å². The van der Waals surface area contributed by atoms with Crippen LogP contribution in [-0.4, -0.2) is 29.8 Å². The molecule has 1 N–H and O–H groups in total. The van der Waals surface area contributed by atoms with E-state index < -0.39 is 0 Å². The zero-order valence-electron chi connectivity index (χ0n) is 20.4. The van der Waals surface area contributed by atoms with Crippen LogP contribution in [0.5, 0.6) is 0 Å². The Labute approximate surface area is 208 Å². The average Bonchev–Trinajstić information content (AvgIpc) is 3.29. The van der Waals surface area contributed by atoms with Crippen molar-refractivity contribution in [2.24, 2.45) is 0 Å². The van der Waals surface area contributed by atoms with Crippen LogP contribution in [0.4, 0.5) is 5.69 Å². The normalized spacial score (nSPS) is 12.2. The van der Waals surface area contributed by atoms with Crippen molar-refractivity contribution >= 4 is 33.8 Å². The third kappa shape index (κ3) is 4.53. The first kappa shape index (κ1) is 23.5. The van der Waals surface area contributed by atoms with E-state index in [1.165, 1.54) is 0 Å². The number of rotatable bonds is 8. The van der Waals surface area contributed by atoms with Gasteiger partial charge in [0.15, 0.2) is 11.7 Å². The van der Waals surface area contributed by atoms with E-state index in [2.05, 4.69) is 10.4 Å². The summed E-state index contributed by atoms with van der Waals surface area (Å²) in [7, 11) is 1.66. The standard InChI is InChI=1S/C29H27N3O4/c1-18-12-23(19(2)30-25-7-5-4-6-21(25)17-33)29-24(13-18)27(34)15-28(36-29)20-8-9-26-22(14-20)16-32(31-26)10-11-35-3/h4-9,12-17,19,30H,10-11H2,1-3H3. The molecule has 7 heteroatoms. The van der Waals surface area contributed by atoms with Crippen molar-refractivity contribution in [1.82, 2.24) is 9.78 Å². The third-order valence-electron chi connectivity index (χ3n) is 6.29. The molecule has 3 aromatic carbocycles. The molecule has 0 bridgehead atoms. The highest BCUT2D eigenvalue weighted by Crippen LogP contribution is 2.32. The largest absolute Gasteiger partial charge is 0.455 e. The number of aldehydes is 1. The van der Waals surface area contributed by atoms with Gasteiger partial charge in [0.05, 0.1) is 30.1 Å². The van der Waals surface area contributed by atoms with Crippen LogP contribution >= 0.6 is 0 Å². The fraction of sp³-hybridized carbons (Fsp3) is 0.207. The van der Waals surface area contributed by atoms with Gasteiger partial charge in [-0.25, -0.2) is 0 Å². The minimum atomic E-state index is -0.214. The van der Waals surface area contributed by atoms with E-state index in [1.807, 2.05) is 73.3 Å². The van der Waals surface area contributed by atoms with Gasteiger partial charge in [-0.2, -0.15) is 5.10 Å². The molecule has 2 heterocycles. The van der Waals surface area contributed by atoms with Gasteiger partial charge in [0.1, 0.15) is 11.3 Å². The smallest absolute Gasteiger partial charge is 0.193 e. The number of carbonyl (C=O) groups is 1. The Morgan fingerprint density at radius 2 is 1.97 bits per heavy atom. The molecule has 0 aliphatic rings. The van der Waals surface area contributed by atoms with E-state index in [9.17, 15) is 9.59 Å². The zero-order valence-corrected chi connectivity index (χ0v) is 20.4. The number of nitrogens with one attached hydrogen (secondary N) is 1. The minimum absolute atomic E-state index is 0.104. The molecule has 0 saturated carbocycles. The molecule has 0 saturated heterocycles. The van der Waals surface area contributed by atoms with Gasteiger partial charge in [-0.1, -0.05) is 18.2 Å². The fourth-order valence-electron chi connectivity index (χ4n) is 4.47. The molecule has 0 amide bonds. The summed E-state index contributed by atoms with van der Waals surface area (Å²) in [6.45, 7) is 5.18. The Hall–Kier alpha value is -4.23. The van der Waals surface area contributed by atoms with Crippen LogP contribution in [0.1, 0.15) is 34.5 Å². The Kier molecular flexibility index (Phi) is 6.40. The van der Waals surface area contributed by atoms with Crippen molar-refractivity contribution < 1.29 is 13.9 Å². The van der Waals surface area contributed by atoms with Crippen LogP contribution < -0.4 is 10.7 Å². The zero-order chi connectivity index (χ0) is 25.2. The van der Waals surface area contributed by atoms with E-state index in [0.717, 1.165) is 39.6 Å². The number of para-hydroxylation sites is 1. The van der Waals surface area contributed by atoms with E-state index >= 15 is 0 Å². The van der Waals surface area contributed by atoms with Gasteiger partial charge < -0.3 is 14.5 Å². The first-order valence-electron chi connectivity index (χ1n) is 11.8. The molecular weight excluding hydrogens is 454 g/mol. The molecule has 0 aliphatic heterocycles. The van der Waals surface area contributed by atoms with Crippen LogP contribution in [-0.2, 0) is 11.3 Å². The molecule has 0 fully saturated rings. The van der Waals surface area contributed by atoms with Gasteiger partial charge in [-0.3, -0.25) is 14.3 Å². The highest BCUT2D eigenvalue weighted by Gasteiger charge is 2.17. The number of benzene rings is 3. The third-order valence-corrected chi connectivity index (χ3v) is 6.29. The molecule has 7 nitrogen and oxygen atoms in total. The van der Waals surface area contributed by atoms with Crippen molar-refractivity contribution in [2.45, 2.75) is 26.4 Å². The predicted octanol–water partition coefficient (Wildman–Crippen LogP) is 5.75. The number of hydrogen-bond donors (Lipinski definition) is 1. The molecule has 182 valence electrons. The van der Waals surface area contributed by atoms with Crippen LogP contribution in [0, 0.1) is 6.92 Å². The lowest BCUT2D eigenvalue weighted by Gasteiger charge is -2.19. The lowest BCUT2D eigenvalue weighted by molar-refractivity contribution is 0.112. The lowest BCUT2D eigenvalue weighted by atomic mass is 10.00. The van der Waals surface area contributed by atoms with Crippen molar-refractivity contribution in [3.63, 3.8) is 0 Å². The summed E-state index contributed by atoms with van der Waals surface area (Å²) in [6.07, 6.45) is 2.79. The highest BCUT2D eigenvalue weighted by atomic mass is 16.5. The SMILES string of the molecule is COCCn1cc2cc(-c3cc(=O)c4cc(C)cc(C(C)Nc5ccccc5C=O)c4o3)ccc2n1. The topological polar surface area (TPSA) is 86.4 Å². The van der Waals surface area contributed by atoms with Crippen molar-refractivity contribution in [3.05, 3.63) is 93.8 Å². The highest BCUT2D eigenvalue weighted by molar-refractivity contribution is 5.87. The lowest BCUT2D eigenvalue weighted by Crippen LogP contribution is -2.11. The Morgan fingerprint density at radius 3 is 2.78 bits per heavy atom. The first-order chi connectivity index (χ1) is 17.5. The Balaban J connectivity index is 1.58. The Bertz CT molecular complexity index is 1630. The molecule has 0 radical (unpaired) electrons. The summed E-state index contributed by atoms with van der Waals surface area (Å²) >= 11 is 0. The number of ether oxygens (including phenoxy) is 1. The van der Waals surface area contributed by atoms with Gasteiger partial charge in [-0.15, -0.1) is 0 Å². The number of carbonyl (C=O) groups excluding carboxylic acids is 1. The maximum Gasteiger partial charge on any atom is 0.193 e. The van der Waals surface area contributed by atoms with Crippen LogP contribution in [0.15, 0.2) is 76.1 Å². The summed E-state index contributed by atoms with van der Waals surface area (Å²) in [5.74, 6) is 0.490. The minimum Gasteiger partial charge on any atom is -0.455 e. The monoisotopic (exact) mass is 481 g/mol. The van der Waals surface area contributed by atoms with Crippen molar-refractivity contribution in [1.29, 1.82) is 0 Å². The van der Waals surface area contributed by atoms with Gasteiger partial charge in [0.25, 0.3) is 0 Å². The van der Waals surface area contributed by atoms with E-state index in [1.54, 1.807) is 19.2 Å². The fourth-order valence-corrected chi connectivity index (χ4v) is 4.47. The number of anilines is 1. The summed E-state index contributed by atoms with van der Waals surface area (Å²) in [6, 6.07) is 18.3. The number of methoxy groups -OCH3 is 1. The quantitative estimate of drug-likeness (QED) is 0.284. The maximum atomic E-state index is 13.2. The van der Waals surface area contributed by atoms with E-state index in [4.69, 9.17) is 9.15 Å². The maximum absolute atomic E-state index is 13.2. The first-order valence-corrected chi connectivity index (χ1v) is 11.8. The van der Waals surface area contributed by atoms with Gasteiger partial charge in [-0.05, 0) is 55.8 Å². The number of nitrogens with zero attached hydrogens (tertiary/aromatic N) is 2. The molecule has 0 aliphatic carbocycles. The summed E-state index contributed by atoms with van der Waals surface area (Å²) in [4.78, 5) is 24.7. The molecule has 0 spiro atoms. The van der Waals surface area contributed by atoms with Gasteiger partial charge in [0, 0.05) is 47.1 Å². The summed E-state index contributed by atoms with van der Waals surface area (Å²) in [5, 5.41) is 9.45. The second kappa shape index (κ2) is 9.79. The van der Waals surface area contributed by atoms with Gasteiger partial charge >= 0.3 is 0 Å². The summed E-state index contributed by atoms with van der Waals surface area (Å²) < 4.78 is 13.4. The number of aryl methyl sites for hydroxylation is 1. The number of hydrogen-bond acceptors (Lipinski definition) is 6. The van der Waals surface area contributed by atoms with Crippen LogP contribution in [0.3, 0.4) is 0 Å². The molecule has 5 rings (SSSR count). The molecule has 36 heavy (non-hydrogen) atoms. The predicted molar refractivity (Wildman–Crippen MR) is 142 cm³/mol. The van der Waals surface area contributed by atoms with Crippen LogP contribution in [0.2, 0.25) is 0 Å². The molecule has 1 unspecified atom stereocenters. The van der Waals surface area contributed by atoms with E-state index in [-0.39, 0.29) is 11.5 Å². The molecule has 1 atom stereocenters. The number of aromatic nitrogens is 2. The van der Waals surface area contributed by atoms with Gasteiger partial charge in [0.2, 0.25) is 0 Å². The second-order valence-corrected chi connectivity index (χ2v) is 8.94. The van der Waals surface area contributed by atoms with Crippen molar-refractivity contribution in [3.8, 4) is 11.3 Å². The second-order valence-electron chi connectivity index (χ2n) is 8.94. The van der Waals surface area contributed by atoms with E-state index in [0.29, 0.717) is 35.4 Å². The molecule has 5 aromatic rings. The number of fused-ring (bicyclic) bond motifs is 2. The summed E-state index contributed by atoms with van der Waals surface area (Å²) in [5.41, 5.74) is 5.19. The van der Waals surface area contributed by atoms with Crippen LogP contribution in [0.25, 0.3) is 33.2 Å².